The van der Waals surface area contributed by atoms with Gasteiger partial charge in [-0.05, 0) is 75.3 Å². The number of aliphatic hydroxyl groups excluding tert-OH is 1. The van der Waals surface area contributed by atoms with Crippen molar-refractivity contribution in [1.29, 1.82) is 0 Å². The zero-order chi connectivity index (χ0) is 25.4. The van der Waals surface area contributed by atoms with Crippen molar-refractivity contribution < 1.29 is 41.0 Å². The second kappa shape index (κ2) is 12.7. The molecular weight excluding hydrogens is 466 g/mol. The number of benzene rings is 1. The number of hydrogen-bond donors (Lipinski definition) is 3. The zero-order valence-corrected chi connectivity index (χ0v) is 19.1. The van der Waals surface area contributed by atoms with Gasteiger partial charge in [-0.15, -0.1) is 0 Å². The van der Waals surface area contributed by atoms with Gasteiger partial charge in [-0.1, -0.05) is 0 Å². The first-order valence-corrected chi connectivity index (χ1v) is 11.4. The van der Waals surface area contributed by atoms with E-state index in [1.54, 1.807) is 6.92 Å². The van der Waals surface area contributed by atoms with E-state index in [9.17, 15) is 31.1 Å². The molecule has 0 aromatic heterocycles. The Hall–Kier alpha value is -1.85. The maximum atomic E-state index is 13.0. The summed E-state index contributed by atoms with van der Waals surface area (Å²) in [6, 6.07) is 1.55. The Morgan fingerprint density at radius 2 is 1.56 bits per heavy atom. The van der Waals surface area contributed by atoms with Crippen molar-refractivity contribution in [3.63, 3.8) is 0 Å². The number of rotatable bonds is 6. The first kappa shape index (κ1) is 28.4. The van der Waals surface area contributed by atoms with Gasteiger partial charge in [0, 0.05) is 38.3 Å². The highest BCUT2D eigenvalue weighted by Crippen LogP contribution is 2.36. The van der Waals surface area contributed by atoms with E-state index in [2.05, 4.69) is 10.6 Å². The van der Waals surface area contributed by atoms with Crippen LogP contribution in [0.25, 0.3) is 0 Å². The highest BCUT2D eigenvalue weighted by Gasteiger charge is 2.37. The number of nitrogens with one attached hydrogen (secondary N) is 2. The van der Waals surface area contributed by atoms with Crippen molar-refractivity contribution in [2.75, 3.05) is 26.4 Å². The van der Waals surface area contributed by atoms with Gasteiger partial charge in [-0.2, -0.15) is 26.3 Å². The molecule has 1 amide bonds. The summed E-state index contributed by atoms with van der Waals surface area (Å²) in [6.07, 6.45) is -5.77. The minimum Gasteiger partial charge on any atom is -0.397 e. The maximum Gasteiger partial charge on any atom is 0.416 e. The van der Waals surface area contributed by atoms with E-state index in [0.717, 1.165) is 39.0 Å². The van der Waals surface area contributed by atoms with E-state index in [0.29, 0.717) is 30.9 Å². The number of carbonyl (C=O) groups is 1. The van der Waals surface area contributed by atoms with Crippen LogP contribution in [0.2, 0.25) is 0 Å². The van der Waals surface area contributed by atoms with Crippen LogP contribution < -0.4 is 10.6 Å². The van der Waals surface area contributed by atoms with Crippen LogP contribution in [-0.2, 0) is 28.4 Å². The lowest BCUT2D eigenvalue weighted by atomic mass is 10.00. The summed E-state index contributed by atoms with van der Waals surface area (Å²) < 4.78 is 83.1. The van der Waals surface area contributed by atoms with Crippen LogP contribution in [0.4, 0.5) is 26.3 Å². The Bertz CT molecular complexity index is 747. The summed E-state index contributed by atoms with van der Waals surface area (Å²) in [5.41, 5.74) is -3.00. The Morgan fingerprint density at radius 1 is 1.00 bits per heavy atom. The molecule has 3 rings (SSSR count). The molecule has 1 aliphatic heterocycles. The molecule has 1 aliphatic carbocycles. The summed E-state index contributed by atoms with van der Waals surface area (Å²) >= 11 is 0. The van der Waals surface area contributed by atoms with Gasteiger partial charge >= 0.3 is 12.4 Å². The molecular formula is C23H32F6N2O3. The fraction of sp³-hybridized carbons (Fsp3) is 0.696. The third-order valence-electron chi connectivity index (χ3n) is 5.95. The Kier molecular flexibility index (Phi) is 10.6. The lowest BCUT2D eigenvalue weighted by Crippen LogP contribution is -2.35. The van der Waals surface area contributed by atoms with Gasteiger partial charge < -0.3 is 20.5 Å². The molecule has 11 heteroatoms. The number of ether oxygens (including phenoxy) is 1. The van der Waals surface area contributed by atoms with Crippen LogP contribution in [0.3, 0.4) is 0 Å². The minimum absolute atomic E-state index is 0.0804. The largest absolute Gasteiger partial charge is 0.416 e. The summed E-state index contributed by atoms with van der Waals surface area (Å²) in [7, 11) is 0. The van der Waals surface area contributed by atoms with Crippen molar-refractivity contribution in [3.05, 3.63) is 34.9 Å². The predicted molar refractivity (Wildman–Crippen MR) is 114 cm³/mol. The van der Waals surface area contributed by atoms with Crippen LogP contribution in [0.15, 0.2) is 18.2 Å². The summed E-state index contributed by atoms with van der Waals surface area (Å²) in [5.74, 6) is -0.105. The number of carbonyl (C=O) groups excluding carboxylic acids is 1. The van der Waals surface area contributed by atoms with Gasteiger partial charge in [-0.25, -0.2) is 0 Å². The standard InChI is InChI=1S/C21H26F6N2O2.C2H6O/c22-20(23,24)16-7-14(8-17(10-16)21(25,26)27)12-29-19(30)15-1-2-18(9-15)28-11-13-3-5-31-6-4-13;1-2-3/h7-8,10,13,15,18,28H,1-6,9,11-12H2,(H,29,30);3H,2H2,1H3/t15-,18+;/m0./s1. The highest BCUT2D eigenvalue weighted by atomic mass is 19.4. The number of halogens is 6. The van der Waals surface area contributed by atoms with Crippen molar-refractivity contribution in [2.45, 2.75) is 64.0 Å². The Labute approximate surface area is 195 Å². The highest BCUT2D eigenvalue weighted by molar-refractivity contribution is 5.79. The summed E-state index contributed by atoms with van der Waals surface area (Å²) in [4.78, 5) is 12.4. The van der Waals surface area contributed by atoms with Gasteiger partial charge in [0.15, 0.2) is 0 Å². The average molecular weight is 499 g/mol. The molecule has 1 saturated heterocycles. The summed E-state index contributed by atoms with van der Waals surface area (Å²) in [5, 5.41) is 13.5. The smallest absolute Gasteiger partial charge is 0.397 e. The molecule has 0 unspecified atom stereocenters. The number of aliphatic hydroxyl groups is 1. The molecule has 2 aliphatic rings. The monoisotopic (exact) mass is 498 g/mol. The molecule has 2 atom stereocenters. The van der Waals surface area contributed by atoms with Crippen molar-refractivity contribution in [3.8, 4) is 0 Å². The van der Waals surface area contributed by atoms with E-state index in [1.807, 2.05) is 0 Å². The van der Waals surface area contributed by atoms with E-state index in [1.165, 1.54) is 0 Å². The lowest BCUT2D eigenvalue weighted by Gasteiger charge is -2.24. The molecule has 34 heavy (non-hydrogen) atoms. The SMILES string of the molecule is CCO.O=C(NCc1cc(C(F)(F)F)cc(C(F)(F)F)c1)[C@H]1CC[C@@H](NCC2CCOCC2)C1. The Morgan fingerprint density at radius 3 is 2.09 bits per heavy atom. The van der Waals surface area contributed by atoms with Gasteiger partial charge in [0.25, 0.3) is 0 Å². The van der Waals surface area contributed by atoms with E-state index < -0.39 is 23.5 Å². The normalized spacial score (nSPS) is 21.6. The van der Waals surface area contributed by atoms with Crippen LogP contribution in [0, 0.1) is 11.8 Å². The molecule has 5 nitrogen and oxygen atoms in total. The first-order chi connectivity index (χ1) is 15.9. The first-order valence-electron chi connectivity index (χ1n) is 11.4. The van der Waals surface area contributed by atoms with Crippen LogP contribution >= 0.6 is 0 Å². The van der Waals surface area contributed by atoms with Gasteiger partial charge in [-0.3, -0.25) is 4.79 Å². The van der Waals surface area contributed by atoms with Crippen LogP contribution in [0.1, 0.15) is 55.7 Å². The molecule has 1 aromatic carbocycles. The fourth-order valence-electron chi connectivity index (χ4n) is 4.14. The third-order valence-corrected chi connectivity index (χ3v) is 5.95. The van der Waals surface area contributed by atoms with Crippen LogP contribution in [0.5, 0.6) is 0 Å². The molecule has 1 heterocycles. The number of alkyl halides is 6. The second-order valence-electron chi connectivity index (χ2n) is 8.62. The maximum absolute atomic E-state index is 13.0. The topological polar surface area (TPSA) is 70.6 Å². The second-order valence-corrected chi connectivity index (χ2v) is 8.62. The van der Waals surface area contributed by atoms with Gasteiger partial charge in [0.1, 0.15) is 0 Å². The molecule has 0 spiro atoms. The van der Waals surface area contributed by atoms with Crippen molar-refractivity contribution in [2.24, 2.45) is 11.8 Å². The predicted octanol–water partition coefficient (Wildman–Crippen LogP) is 4.52. The summed E-state index contributed by atoms with van der Waals surface area (Å²) in [6.45, 7) is 3.91. The third kappa shape index (κ3) is 9.07. The Balaban J connectivity index is 0.00000129. The van der Waals surface area contributed by atoms with E-state index in [-0.39, 0.29) is 42.6 Å². The quantitative estimate of drug-likeness (QED) is 0.505. The minimum atomic E-state index is -4.91. The fourth-order valence-corrected chi connectivity index (χ4v) is 4.14. The number of amides is 1. The molecule has 0 radical (unpaired) electrons. The van der Waals surface area contributed by atoms with E-state index in [4.69, 9.17) is 9.84 Å². The average Bonchev–Trinajstić information content (AvgIpc) is 3.25. The van der Waals surface area contributed by atoms with Crippen molar-refractivity contribution >= 4 is 5.91 Å². The lowest BCUT2D eigenvalue weighted by molar-refractivity contribution is -0.143. The van der Waals surface area contributed by atoms with Crippen molar-refractivity contribution in [1.82, 2.24) is 10.6 Å². The zero-order valence-electron chi connectivity index (χ0n) is 19.1. The number of hydrogen-bond acceptors (Lipinski definition) is 4. The van der Waals surface area contributed by atoms with Gasteiger partial charge in [0.2, 0.25) is 5.91 Å². The molecule has 2 fully saturated rings. The molecule has 194 valence electrons. The van der Waals surface area contributed by atoms with E-state index >= 15 is 0 Å². The molecule has 0 bridgehead atoms. The molecule has 1 aromatic rings. The van der Waals surface area contributed by atoms with Crippen LogP contribution in [-0.4, -0.2) is 43.4 Å². The molecule has 3 N–H and O–H groups in total. The molecule has 1 saturated carbocycles. The van der Waals surface area contributed by atoms with Gasteiger partial charge in [0.05, 0.1) is 11.1 Å².